The molecule has 2 aliphatic rings. The van der Waals surface area contributed by atoms with E-state index in [0.29, 0.717) is 32.8 Å². The maximum atomic E-state index is 12.9. The molecule has 0 spiro atoms. The summed E-state index contributed by atoms with van der Waals surface area (Å²) in [6.07, 6.45) is 7.41. The Bertz CT molecular complexity index is 1440. The predicted octanol–water partition coefficient (Wildman–Crippen LogP) is 4.97. The molecule has 2 aromatic heterocycles. The molecule has 5 rings (SSSR count). The van der Waals surface area contributed by atoms with Crippen LogP contribution in [0.15, 0.2) is 49.1 Å². The summed E-state index contributed by atoms with van der Waals surface area (Å²) in [7, 11) is 1.96. The molecular formula is C32H39N5O4. The maximum Gasteiger partial charge on any atom is 0.410 e. The Morgan fingerprint density at radius 2 is 1.90 bits per heavy atom. The van der Waals surface area contributed by atoms with Crippen molar-refractivity contribution in [3.63, 3.8) is 0 Å². The SMILES string of the molecule is CCOC(=O)C[C@H](C1=Cc2cccnc2[C@@H](N2CCN(C(=O)OC(C)C)CC2)c2ccc(C)cc21)c1cncn1C. The van der Waals surface area contributed by atoms with Crippen molar-refractivity contribution in [3.05, 3.63) is 82.7 Å². The Morgan fingerprint density at radius 1 is 1.12 bits per heavy atom. The number of aryl methyl sites for hydroxylation is 2. The van der Waals surface area contributed by atoms with Crippen LogP contribution in [-0.4, -0.2) is 75.3 Å². The van der Waals surface area contributed by atoms with Gasteiger partial charge >= 0.3 is 12.1 Å². The molecule has 3 heterocycles. The number of benzene rings is 1. The lowest BCUT2D eigenvalue weighted by atomic mass is 9.83. The smallest absolute Gasteiger partial charge is 0.410 e. The van der Waals surface area contributed by atoms with Crippen molar-refractivity contribution in [3.8, 4) is 0 Å². The average molecular weight is 558 g/mol. The maximum absolute atomic E-state index is 12.9. The summed E-state index contributed by atoms with van der Waals surface area (Å²) in [6, 6.07) is 10.5. The summed E-state index contributed by atoms with van der Waals surface area (Å²) in [5.74, 6) is -0.512. The number of fused-ring (bicyclic) bond motifs is 2. The molecule has 0 radical (unpaired) electrons. The number of esters is 1. The van der Waals surface area contributed by atoms with E-state index in [-0.39, 0.29) is 36.5 Å². The molecule has 1 aromatic carbocycles. The van der Waals surface area contributed by atoms with Gasteiger partial charge in [-0.2, -0.15) is 0 Å². The number of amides is 1. The number of allylic oxidation sites excluding steroid dienone is 1. The lowest BCUT2D eigenvalue weighted by Gasteiger charge is -2.39. The lowest BCUT2D eigenvalue weighted by Crippen LogP contribution is -2.50. The molecule has 1 aliphatic heterocycles. The van der Waals surface area contributed by atoms with E-state index in [9.17, 15) is 9.59 Å². The van der Waals surface area contributed by atoms with E-state index in [1.807, 2.05) is 50.8 Å². The van der Waals surface area contributed by atoms with Gasteiger partial charge in [0.05, 0.1) is 37.2 Å². The average Bonchev–Trinajstić information content (AvgIpc) is 3.31. The summed E-state index contributed by atoms with van der Waals surface area (Å²) >= 11 is 0. The highest BCUT2D eigenvalue weighted by Crippen LogP contribution is 2.45. The highest BCUT2D eigenvalue weighted by Gasteiger charge is 2.36. The van der Waals surface area contributed by atoms with Gasteiger partial charge in [0, 0.05) is 57.2 Å². The fourth-order valence-corrected chi connectivity index (χ4v) is 5.89. The number of imidazole rings is 1. The van der Waals surface area contributed by atoms with E-state index in [2.05, 4.69) is 47.1 Å². The Balaban J connectivity index is 1.59. The third-order valence-electron chi connectivity index (χ3n) is 7.79. The van der Waals surface area contributed by atoms with Gasteiger partial charge in [0.25, 0.3) is 0 Å². The zero-order valence-electron chi connectivity index (χ0n) is 24.5. The van der Waals surface area contributed by atoms with E-state index >= 15 is 0 Å². The zero-order valence-corrected chi connectivity index (χ0v) is 24.5. The van der Waals surface area contributed by atoms with Gasteiger partial charge in [0.1, 0.15) is 0 Å². The van der Waals surface area contributed by atoms with Crippen LogP contribution < -0.4 is 0 Å². The molecule has 1 fully saturated rings. The number of ether oxygens (including phenoxy) is 2. The van der Waals surface area contributed by atoms with Gasteiger partial charge in [-0.15, -0.1) is 0 Å². The minimum atomic E-state index is -0.267. The molecule has 3 aromatic rings. The number of hydrogen-bond acceptors (Lipinski definition) is 7. The normalized spacial score (nSPS) is 17.8. The Kier molecular flexibility index (Phi) is 8.54. The fourth-order valence-electron chi connectivity index (χ4n) is 5.89. The quantitative estimate of drug-likeness (QED) is 0.379. The molecule has 1 saturated heterocycles. The minimum absolute atomic E-state index is 0.117. The first-order valence-electron chi connectivity index (χ1n) is 14.4. The van der Waals surface area contributed by atoms with E-state index in [1.165, 1.54) is 0 Å². The van der Waals surface area contributed by atoms with Crippen molar-refractivity contribution in [1.82, 2.24) is 24.3 Å². The predicted molar refractivity (Wildman–Crippen MR) is 157 cm³/mol. The molecule has 0 bridgehead atoms. The Morgan fingerprint density at radius 3 is 2.59 bits per heavy atom. The van der Waals surface area contributed by atoms with Crippen molar-refractivity contribution in [1.29, 1.82) is 0 Å². The second kappa shape index (κ2) is 12.3. The van der Waals surface area contributed by atoms with Crippen LogP contribution in [0.3, 0.4) is 0 Å². The van der Waals surface area contributed by atoms with Crippen molar-refractivity contribution in [2.75, 3.05) is 32.8 Å². The molecule has 1 amide bonds. The second-order valence-corrected chi connectivity index (χ2v) is 11.0. The van der Waals surface area contributed by atoms with Gasteiger partial charge in [0.15, 0.2) is 0 Å². The van der Waals surface area contributed by atoms with Crippen molar-refractivity contribution < 1.29 is 19.1 Å². The highest BCUT2D eigenvalue weighted by atomic mass is 16.6. The second-order valence-electron chi connectivity index (χ2n) is 11.0. The van der Waals surface area contributed by atoms with Gasteiger partial charge in [0.2, 0.25) is 0 Å². The number of carbonyl (C=O) groups is 2. The molecular weight excluding hydrogens is 518 g/mol. The van der Waals surface area contributed by atoms with Crippen LogP contribution in [0.25, 0.3) is 11.6 Å². The van der Waals surface area contributed by atoms with E-state index in [1.54, 1.807) is 11.2 Å². The number of nitrogens with zero attached hydrogens (tertiary/aromatic N) is 5. The number of hydrogen-bond donors (Lipinski definition) is 0. The standard InChI is InChI=1S/C32H39N5O4/c1-6-40-29(38)18-27(28-19-33-20-35(28)5)26-17-23-8-7-11-34-30(23)31(24-10-9-22(4)16-25(24)26)36-12-14-37(15-13-36)32(39)41-21(2)3/h7-11,16-17,19-21,27,31H,6,12-15,18H2,1-5H3/t27-,31+/m1/s1. The largest absolute Gasteiger partial charge is 0.466 e. The van der Waals surface area contributed by atoms with Gasteiger partial charge in [-0.25, -0.2) is 9.78 Å². The molecule has 2 atom stereocenters. The summed E-state index contributed by atoms with van der Waals surface area (Å²) in [6.45, 7) is 10.5. The van der Waals surface area contributed by atoms with Crippen LogP contribution >= 0.6 is 0 Å². The van der Waals surface area contributed by atoms with E-state index in [4.69, 9.17) is 14.5 Å². The van der Waals surface area contributed by atoms with Crippen molar-refractivity contribution in [2.24, 2.45) is 7.05 Å². The Labute approximate surface area is 241 Å². The van der Waals surface area contributed by atoms with Gasteiger partial charge in [-0.05, 0) is 62.1 Å². The lowest BCUT2D eigenvalue weighted by molar-refractivity contribution is -0.143. The molecule has 1 aliphatic carbocycles. The van der Waals surface area contributed by atoms with Crippen LogP contribution in [0.1, 0.15) is 72.8 Å². The summed E-state index contributed by atoms with van der Waals surface area (Å²) < 4.78 is 12.9. The number of pyridine rings is 1. The molecule has 0 unspecified atom stereocenters. The van der Waals surface area contributed by atoms with Gasteiger partial charge < -0.3 is 18.9 Å². The van der Waals surface area contributed by atoms with Crippen molar-refractivity contribution >= 4 is 23.7 Å². The first-order chi connectivity index (χ1) is 19.8. The summed E-state index contributed by atoms with van der Waals surface area (Å²) in [5.41, 5.74) is 7.31. The van der Waals surface area contributed by atoms with Gasteiger partial charge in [-0.3, -0.25) is 14.7 Å². The minimum Gasteiger partial charge on any atom is -0.466 e. The first kappa shape index (κ1) is 28.5. The third kappa shape index (κ3) is 6.05. The van der Waals surface area contributed by atoms with Crippen LogP contribution in [0, 0.1) is 6.92 Å². The molecule has 216 valence electrons. The number of rotatable bonds is 7. The van der Waals surface area contributed by atoms with Crippen LogP contribution in [0.2, 0.25) is 0 Å². The number of aromatic nitrogens is 3. The highest BCUT2D eigenvalue weighted by molar-refractivity contribution is 5.91. The fraction of sp³-hybridized carbons (Fsp3) is 0.438. The van der Waals surface area contributed by atoms with E-state index < -0.39 is 0 Å². The first-order valence-corrected chi connectivity index (χ1v) is 14.4. The monoisotopic (exact) mass is 557 g/mol. The topological polar surface area (TPSA) is 89.8 Å². The van der Waals surface area contributed by atoms with Crippen LogP contribution in [0.4, 0.5) is 4.79 Å². The number of carbonyl (C=O) groups excluding carboxylic acids is 2. The molecule has 41 heavy (non-hydrogen) atoms. The Hall–Kier alpha value is -3.98. The molecule has 0 saturated carbocycles. The van der Waals surface area contributed by atoms with Crippen LogP contribution in [0.5, 0.6) is 0 Å². The summed E-state index contributed by atoms with van der Waals surface area (Å²) in [4.78, 5) is 39.0. The molecule has 0 N–H and O–H groups in total. The summed E-state index contributed by atoms with van der Waals surface area (Å²) in [5, 5.41) is 0. The van der Waals surface area contributed by atoms with E-state index in [0.717, 1.165) is 39.2 Å². The van der Waals surface area contributed by atoms with Crippen molar-refractivity contribution in [2.45, 2.75) is 52.2 Å². The molecule has 9 heteroatoms. The number of piperazine rings is 1. The van der Waals surface area contributed by atoms with Crippen LogP contribution in [-0.2, 0) is 21.3 Å². The third-order valence-corrected chi connectivity index (χ3v) is 7.79. The molecule has 9 nitrogen and oxygen atoms in total. The zero-order chi connectivity index (χ0) is 29.1. The van der Waals surface area contributed by atoms with Gasteiger partial charge in [-0.1, -0.05) is 29.8 Å².